The van der Waals surface area contributed by atoms with Crippen molar-refractivity contribution in [2.75, 3.05) is 19.0 Å². The van der Waals surface area contributed by atoms with Crippen LogP contribution in [0.3, 0.4) is 0 Å². The van der Waals surface area contributed by atoms with Gasteiger partial charge in [0.25, 0.3) is 11.5 Å². The molecule has 0 saturated carbocycles. The number of hydrogen-bond acceptors (Lipinski definition) is 6. The monoisotopic (exact) mass is 470 g/mol. The highest BCUT2D eigenvalue weighted by Gasteiger charge is 2.15. The fraction of sp³-hybridized carbons (Fsp3) is 0.261. The summed E-state index contributed by atoms with van der Waals surface area (Å²) < 4.78 is 32.3. The molecule has 9 nitrogen and oxygen atoms in total. The smallest absolute Gasteiger partial charge is 0.274 e. The van der Waals surface area contributed by atoms with Crippen molar-refractivity contribution < 1.29 is 17.9 Å². The molecule has 174 valence electrons. The van der Waals surface area contributed by atoms with Crippen LogP contribution in [0, 0.1) is 5.92 Å². The molecule has 0 fully saturated rings. The van der Waals surface area contributed by atoms with Gasteiger partial charge >= 0.3 is 0 Å². The second-order valence-electron chi connectivity index (χ2n) is 7.83. The second kappa shape index (κ2) is 10.4. The van der Waals surface area contributed by atoms with Crippen LogP contribution in [0.5, 0.6) is 5.75 Å². The number of methoxy groups -OCH3 is 1. The molecule has 0 aliphatic carbocycles. The summed E-state index contributed by atoms with van der Waals surface area (Å²) >= 11 is 0. The van der Waals surface area contributed by atoms with Crippen LogP contribution < -0.4 is 20.3 Å². The first-order valence-corrected chi connectivity index (χ1v) is 11.8. The Labute approximate surface area is 192 Å². The number of anilines is 1. The number of nitrogens with zero attached hydrogens (tertiary/aromatic N) is 1. The van der Waals surface area contributed by atoms with Crippen molar-refractivity contribution >= 4 is 21.6 Å². The van der Waals surface area contributed by atoms with Gasteiger partial charge in [0, 0.05) is 24.7 Å². The predicted octanol–water partition coefficient (Wildman–Crippen LogP) is 2.56. The van der Waals surface area contributed by atoms with Crippen molar-refractivity contribution in [2.45, 2.75) is 25.2 Å². The highest BCUT2D eigenvalue weighted by atomic mass is 32.2. The molecule has 0 aliphatic rings. The fourth-order valence-corrected chi connectivity index (χ4v) is 4.13. The molecule has 0 spiro atoms. The number of carbonyl (C=O) groups excluding carboxylic acids is 1. The second-order valence-corrected chi connectivity index (χ2v) is 9.59. The molecular weight excluding hydrogens is 444 g/mol. The first-order valence-electron chi connectivity index (χ1n) is 10.3. The Kier molecular flexibility index (Phi) is 7.62. The Hall–Kier alpha value is -3.50. The maximum atomic E-state index is 12.6. The average molecular weight is 471 g/mol. The van der Waals surface area contributed by atoms with Crippen LogP contribution in [0.15, 0.2) is 64.3 Å². The molecule has 1 heterocycles. The van der Waals surface area contributed by atoms with E-state index >= 15 is 0 Å². The van der Waals surface area contributed by atoms with Gasteiger partial charge in [0.05, 0.1) is 12.0 Å². The Morgan fingerprint density at radius 3 is 2.36 bits per heavy atom. The Balaban J connectivity index is 1.71. The molecule has 3 N–H and O–H groups in total. The van der Waals surface area contributed by atoms with Gasteiger partial charge in [-0.15, -0.1) is 0 Å². The molecule has 0 saturated heterocycles. The van der Waals surface area contributed by atoms with Gasteiger partial charge in [-0.25, -0.2) is 18.1 Å². The van der Waals surface area contributed by atoms with Crippen LogP contribution in [0.25, 0.3) is 0 Å². The van der Waals surface area contributed by atoms with E-state index in [0.29, 0.717) is 30.2 Å². The molecule has 0 unspecified atom stereocenters. The van der Waals surface area contributed by atoms with Crippen LogP contribution in [-0.4, -0.2) is 37.9 Å². The maximum absolute atomic E-state index is 12.6. The van der Waals surface area contributed by atoms with Crippen molar-refractivity contribution in [3.63, 3.8) is 0 Å². The first-order chi connectivity index (χ1) is 15.7. The van der Waals surface area contributed by atoms with Crippen molar-refractivity contribution in [2.24, 2.45) is 5.92 Å². The number of amides is 1. The quantitative estimate of drug-likeness (QED) is 0.441. The summed E-state index contributed by atoms with van der Waals surface area (Å²) in [5, 5.41) is 2.63. The summed E-state index contributed by atoms with van der Waals surface area (Å²) in [6, 6.07) is 14.2. The van der Waals surface area contributed by atoms with E-state index in [0.717, 1.165) is 11.6 Å². The average Bonchev–Trinajstić information content (AvgIpc) is 2.78. The largest absolute Gasteiger partial charge is 0.497 e. The molecule has 2 aromatic carbocycles. The molecule has 0 radical (unpaired) electrons. The van der Waals surface area contributed by atoms with Crippen LogP contribution in [0.2, 0.25) is 0 Å². The van der Waals surface area contributed by atoms with Gasteiger partial charge in [0.15, 0.2) is 0 Å². The first kappa shape index (κ1) is 24.1. The SMILES string of the molecule is COc1ccc(Cc2nc(C(=O)Nc3ccc(S(=O)(=O)NCC(C)C)cc3)cc(=O)[nH]2)cc1. The van der Waals surface area contributed by atoms with Crippen LogP contribution >= 0.6 is 0 Å². The molecule has 0 atom stereocenters. The summed E-state index contributed by atoms with van der Waals surface area (Å²) in [6.45, 7) is 4.15. The lowest BCUT2D eigenvalue weighted by Gasteiger charge is -2.10. The van der Waals surface area contributed by atoms with E-state index in [9.17, 15) is 18.0 Å². The van der Waals surface area contributed by atoms with Crippen LogP contribution in [0.1, 0.15) is 35.7 Å². The van der Waals surface area contributed by atoms with Gasteiger partial charge < -0.3 is 15.0 Å². The summed E-state index contributed by atoms with van der Waals surface area (Å²) in [4.78, 5) is 31.7. The van der Waals surface area contributed by atoms with Gasteiger partial charge in [0.2, 0.25) is 10.0 Å². The third-order valence-electron chi connectivity index (χ3n) is 4.66. The number of carbonyl (C=O) groups is 1. The number of benzene rings is 2. The fourth-order valence-electron chi connectivity index (χ4n) is 2.92. The van der Waals surface area contributed by atoms with Crippen molar-refractivity contribution in [3.05, 3.63) is 82.0 Å². The number of aromatic amines is 1. The van der Waals surface area contributed by atoms with E-state index in [2.05, 4.69) is 20.0 Å². The predicted molar refractivity (Wildman–Crippen MR) is 125 cm³/mol. The zero-order valence-electron chi connectivity index (χ0n) is 18.6. The Morgan fingerprint density at radius 1 is 1.09 bits per heavy atom. The number of hydrogen-bond donors (Lipinski definition) is 3. The van der Waals surface area contributed by atoms with E-state index in [1.54, 1.807) is 19.2 Å². The highest BCUT2D eigenvalue weighted by molar-refractivity contribution is 7.89. The Morgan fingerprint density at radius 2 is 1.76 bits per heavy atom. The zero-order chi connectivity index (χ0) is 24.0. The van der Waals surface area contributed by atoms with Gasteiger partial charge in [-0.05, 0) is 47.9 Å². The minimum absolute atomic E-state index is 0.0439. The molecule has 33 heavy (non-hydrogen) atoms. The van der Waals surface area contributed by atoms with Crippen molar-refractivity contribution in [3.8, 4) is 5.75 Å². The molecular formula is C23H26N4O5S. The standard InChI is InChI=1S/C23H26N4O5S/c1-15(2)14-24-33(30,31)19-10-6-17(7-11-19)25-23(29)20-13-22(28)27-21(26-20)12-16-4-8-18(32-3)9-5-16/h4-11,13,15,24H,12,14H2,1-3H3,(H,25,29)(H,26,27,28). The van der Waals surface area contributed by atoms with E-state index in [1.165, 1.54) is 24.3 Å². The van der Waals surface area contributed by atoms with E-state index in [1.807, 2.05) is 26.0 Å². The number of ether oxygens (including phenoxy) is 1. The summed E-state index contributed by atoms with van der Waals surface area (Å²) in [5.74, 6) is 0.651. The highest BCUT2D eigenvalue weighted by Crippen LogP contribution is 2.16. The van der Waals surface area contributed by atoms with E-state index < -0.39 is 21.5 Å². The topological polar surface area (TPSA) is 130 Å². The minimum Gasteiger partial charge on any atom is -0.497 e. The van der Waals surface area contributed by atoms with Gasteiger partial charge in [-0.3, -0.25) is 9.59 Å². The number of aromatic nitrogens is 2. The molecule has 1 aromatic heterocycles. The number of rotatable bonds is 9. The maximum Gasteiger partial charge on any atom is 0.274 e. The van der Waals surface area contributed by atoms with Gasteiger partial charge in [-0.1, -0.05) is 26.0 Å². The molecule has 0 aliphatic heterocycles. The summed E-state index contributed by atoms with van der Waals surface area (Å²) in [5.41, 5.74) is 0.773. The van der Waals surface area contributed by atoms with Crippen molar-refractivity contribution in [1.29, 1.82) is 0 Å². The molecule has 3 aromatic rings. The zero-order valence-corrected chi connectivity index (χ0v) is 19.4. The normalized spacial score (nSPS) is 11.4. The van der Waals surface area contributed by atoms with Gasteiger partial charge in [-0.2, -0.15) is 0 Å². The third kappa shape index (κ3) is 6.74. The number of sulfonamides is 1. The Bertz CT molecular complexity index is 1270. The van der Waals surface area contributed by atoms with Gasteiger partial charge in [0.1, 0.15) is 17.3 Å². The lowest BCUT2D eigenvalue weighted by atomic mass is 10.1. The molecule has 10 heteroatoms. The molecule has 3 rings (SSSR count). The summed E-state index contributed by atoms with van der Waals surface area (Å²) in [6.07, 6.45) is 0.330. The third-order valence-corrected chi connectivity index (χ3v) is 6.10. The van der Waals surface area contributed by atoms with Crippen LogP contribution in [-0.2, 0) is 16.4 Å². The molecule has 1 amide bonds. The molecule has 0 bridgehead atoms. The van der Waals surface area contributed by atoms with E-state index in [4.69, 9.17) is 4.74 Å². The summed E-state index contributed by atoms with van der Waals surface area (Å²) in [7, 11) is -2.05. The lowest BCUT2D eigenvalue weighted by Crippen LogP contribution is -2.27. The van der Waals surface area contributed by atoms with E-state index in [-0.39, 0.29) is 16.5 Å². The number of H-pyrrole nitrogens is 1. The van der Waals surface area contributed by atoms with Crippen molar-refractivity contribution in [1.82, 2.24) is 14.7 Å². The lowest BCUT2D eigenvalue weighted by molar-refractivity contribution is 0.102. The minimum atomic E-state index is -3.63. The van der Waals surface area contributed by atoms with Crippen LogP contribution in [0.4, 0.5) is 5.69 Å². The number of nitrogens with one attached hydrogen (secondary N) is 3.